The summed E-state index contributed by atoms with van der Waals surface area (Å²) in [5.41, 5.74) is 0.310. The predicted molar refractivity (Wildman–Crippen MR) is 76.0 cm³/mol. The van der Waals surface area contributed by atoms with Crippen LogP contribution in [0.2, 0.25) is 5.02 Å². The zero-order chi connectivity index (χ0) is 15.3. The van der Waals surface area contributed by atoms with Gasteiger partial charge in [0.15, 0.2) is 0 Å². The fraction of sp³-hybridized carbons (Fsp3) is 0.250. The van der Waals surface area contributed by atoms with Crippen LogP contribution in [0.15, 0.2) is 35.5 Å². The Balaban J connectivity index is 1.97. The molecule has 0 radical (unpaired) electrons. The van der Waals surface area contributed by atoms with E-state index < -0.39 is 10.0 Å². The Labute approximate surface area is 127 Å². The van der Waals surface area contributed by atoms with E-state index in [9.17, 15) is 8.42 Å². The van der Waals surface area contributed by atoms with Gasteiger partial charge in [-0.3, -0.25) is 4.68 Å². The van der Waals surface area contributed by atoms with E-state index in [1.54, 1.807) is 17.1 Å². The molecule has 0 aliphatic rings. The molecule has 110 valence electrons. The smallest absolute Gasteiger partial charge is 0.242 e. The molecule has 7 nitrogen and oxygen atoms in total. The van der Waals surface area contributed by atoms with Crippen LogP contribution in [0.3, 0.4) is 0 Å². The predicted octanol–water partition coefficient (Wildman–Crippen LogP) is 1.17. The first kappa shape index (κ1) is 15.4. The molecule has 1 aromatic heterocycles. The van der Waals surface area contributed by atoms with Gasteiger partial charge >= 0.3 is 0 Å². The maximum absolute atomic E-state index is 12.1. The molecule has 1 aromatic carbocycles. The van der Waals surface area contributed by atoms with Crippen LogP contribution in [0.1, 0.15) is 12.0 Å². The summed E-state index contributed by atoms with van der Waals surface area (Å²) in [4.78, 5) is -0.0380. The number of aryl methyl sites for hydroxylation is 1. The second kappa shape index (κ2) is 6.67. The van der Waals surface area contributed by atoms with Gasteiger partial charge in [0.05, 0.1) is 22.9 Å². The first-order valence-corrected chi connectivity index (χ1v) is 7.92. The Morgan fingerprint density at radius 3 is 2.86 bits per heavy atom. The molecule has 9 heteroatoms. The summed E-state index contributed by atoms with van der Waals surface area (Å²) in [6.07, 6.45) is 3.82. The molecule has 0 atom stereocenters. The lowest BCUT2D eigenvalue weighted by Crippen LogP contribution is -2.26. The van der Waals surface area contributed by atoms with E-state index in [1.165, 1.54) is 18.2 Å². The number of sulfonamides is 1. The van der Waals surface area contributed by atoms with Crippen LogP contribution in [0.25, 0.3) is 0 Å². The molecule has 1 N–H and O–H groups in total. The summed E-state index contributed by atoms with van der Waals surface area (Å²) in [5.74, 6) is 0. The summed E-state index contributed by atoms with van der Waals surface area (Å²) in [6, 6.07) is 5.96. The molecule has 0 bridgehead atoms. The quantitative estimate of drug-likeness (QED) is 0.803. The Bertz CT molecular complexity index is 752. The SMILES string of the molecule is N#Cc1ccc(S(=O)(=O)NCCCn2ccnn2)c(Cl)c1. The normalized spacial score (nSPS) is 11.2. The molecule has 0 unspecified atom stereocenters. The number of nitrogens with one attached hydrogen (secondary N) is 1. The minimum Gasteiger partial charge on any atom is -0.253 e. The Hall–Kier alpha value is -1.95. The van der Waals surface area contributed by atoms with Crippen molar-refractivity contribution in [3.63, 3.8) is 0 Å². The van der Waals surface area contributed by atoms with E-state index in [0.29, 0.717) is 18.5 Å². The summed E-state index contributed by atoms with van der Waals surface area (Å²) in [6.45, 7) is 0.808. The van der Waals surface area contributed by atoms with E-state index in [1.807, 2.05) is 6.07 Å². The number of hydrogen-bond acceptors (Lipinski definition) is 5. The number of nitriles is 1. The molecule has 2 aromatic rings. The fourth-order valence-electron chi connectivity index (χ4n) is 1.67. The Morgan fingerprint density at radius 1 is 1.43 bits per heavy atom. The Kier molecular flexibility index (Phi) is 4.90. The molecule has 2 rings (SSSR count). The number of halogens is 1. The number of rotatable bonds is 6. The van der Waals surface area contributed by atoms with E-state index in [-0.39, 0.29) is 16.5 Å². The monoisotopic (exact) mass is 325 g/mol. The van der Waals surface area contributed by atoms with Crippen molar-refractivity contribution >= 4 is 21.6 Å². The molecule has 21 heavy (non-hydrogen) atoms. The molecule has 0 saturated carbocycles. The molecular formula is C12H12ClN5O2S. The van der Waals surface area contributed by atoms with Crippen molar-refractivity contribution in [3.8, 4) is 6.07 Å². The van der Waals surface area contributed by atoms with Crippen LogP contribution in [0.4, 0.5) is 0 Å². The second-order valence-corrected chi connectivity index (χ2v) is 6.32. The number of benzene rings is 1. The highest BCUT2D eigenvalue weighted by Gasteiger charge is 2.17. The van der Waals surface area contributed by atoms with Gasteiger partial charge in [-0.1, -0.05) is 16.8 Å². The number of hydrogen-bond donors (Lipinski definition) is 1. The average Bonchev–Trinajstić information content (AvgIpc) is 2.96. The molecule has 0 saturated heterocycles. The van der Waals surface area contributed by atoms with Crippen molar-refractivity contribution in [2.24, 2.45) is 0 Å². The van der Waals surface area contributed by atoms with Crippen LogP contribution in [-0.2, 0) is 16.6 Å². The maximum atomic E-state index is 12.1. The van der Waals surface area contributed by atoms with Crippen LogP contribution in [0.5, 0.6) is 0 Å². The highest BCUT2D eigenvalue weighted by atomic mass is 35.5. The number of nitrogens with zero attached hydrogens (tertiary/aromatic N) is 4. The Morgan fingerprint density at radius 2 is 2.24 bits per heavy atom. The standard InChI is InChI=1S/C12H12ClN5O2S/c13-11-8-10(9-14)2-3-12(11)21(19,20)16-4-1-6-18-7-5-15-17-18/h2-3,5,7-8,16H,1,4,6H2. The topological polar surface area (TPSA) is 101 Å². The van der Waals surface area contributed by atoms with Gasteiger partial charge in [-0.15, -0.1) is 5.10 Å². The summed E-state index contributed by atoms with van der Waals surface area (Å²) in [5, 5.41) is 16.2. The van der Waals surface area contributed by atoms with Crippen LogP contribution >= 0.6 is 11.6 Å². The van der Waals surface area contributed by atoms with Gasteiger partial charge in [0, 0.05) is 19.3 Å². The van der Waals surface area contributed by atoms with Crippen molar-refractivity contribution in [2.45, 2.75) is 17.9 Å². The largest absolute Gasteiger partial charge is 0.253 e. The lowest BCUT2D eigenvalue weighted by molar-refractivity contribution is 0.542. The lowest BCUT2D eigenvalue weighted by atomic mass is 10.2. The third-order valence-electron chi connectivity index (χ3n) is 2.68. The summed E-state index contributed by atoms with van der Waals surface area (Å²) in [7, 11) is -3.69. The third kappa shape index (κ3) is 4.01. The summed E-state index contributed by atoms with van der Waals surface area (Å²) < 4.78 is 28.3. The van der Waals surface area contributed by atoms with Crippen molar-refractivity contribution in [3.05, 3.63) is 41.2 Å². The molecule has 0 aliphatic carbocycles. The minimum absolute atomic E-state index is 0.0258. The van der Waals surface area contributed by atoms with Crippen molar-refractivity contribution < 1.29 is 8.42 Å². The van der Waals surface area contributed by atoms with Gasteiger partial charge in [0.1, 0.15) is 4.90 Å². The molecule has 1 heterocycles. The van der Waals surface area contributed by atoms with E-state index >= 15 is 0 Å². The number of aromatic nitrogens is 3. The van der Waals surface area contributed by atoms with Gasteiger partial charge in [-0.25, -0.2) is 13.1 Å². The van der Waals surface area contributed by atoms with Crippen LogP contribution < -0.4 is 4.72 Å². The zero-order valence-electron chi connectivity index (χ0n) is 10.9. The van der Waals surface area contributed by atoms with E-state index in [0.717, 1.165) is 0 Å². The first-order valence-electron chi connectivity index (χ1n) is 6.06. The highest BCUT2D eigenvalue weighted by Crippen LogP contribution is 2.22. The van der Waals surface area contributed by atoms with Gasteiger partial charge < -0.3 is 0 Å². The highest BCUT2D eigenvalue weighted by molar-refractivity contribution is 7.89. The van der Waals surface area contributed by atoms with Gasteiger partial charge in [-0.2, -0.15) is 5.26 Å². The third-order valence-corrected chi connectivity index (χ3v) is 4.62. The maximum Gasteiger partial charge on any atom is 0.242 e. The molecule has 0 amide bonds. The van der Waals surface area contributed by atoms with Crippen molar-refractivity contribution in [2.75, 3.05) is 6.54 Å². The minimum atomic E-state index is -3.69. The van der Waals surface area contributed by atoms with Crippen LogP contribution in [0, 0.1) is 11.3 Å². The first-order chi connectivity index (χ1) is 10.0. The van der Waals surface area contributed by atoms with Gasteiger partial charge in [-0.05, 0) is 24.6 Å². The lowest BCUT2D eigenvalue weighted by Gasteiger charge is -2.08. The van der Waals surface area contributed by atoms with Crippen molar-refractivity contribution in [1.82, 2.24) is 19.7 Å². The summed E-state index contributed by atoms with van der Waals surface area (Å²) >= 11 is 5.89. The molecule has 0 fully saturated rings. The average molecular weight is 326 g/mol. The van der Waals surface area contributed by atoms with E-state index in [2.05, 4.69) is 15.0 Å². The van der Waals surface area contributed by atoms with Crippen molar-refractivity contribution in [1.29, 1.82) is 5.26 Å². The molecule has 0 aliphatic heterocycles. The second-order valence-electron chi connectivity index (χ2n) is 4.17. The zero-order valence-corrected chi connectivity index (χ0v) is 12.5. The molecule has 0 spiro atoms. The van der Waals surface area contributed by atoms with Crippen LogP contribution in [-0.4, -0.2) is 30.0 Å². The molecular weight excluding hydrogens is 314 g/mol. The fourth-order valence-corrected chi connectivity index (χ4v) is 3.28. The van der Waals surface area contributed by atoms with Gasteiger partial charge in [0.25, 0.3) is 0 Å². The van der Waals surface area contributed by atoms with E-state index in [4.69, 9.17) is 16.9 Å². The van der Waals surface area contributed by atoms with Gasteiger partial charge in [0.2, 0.25) is 10.0 Å².